The first-order valence-electron chi connectivity index (χ1n) is 8.75. The molecule has 1 saturated heterocycles. The van der Waals surface area contributed by atoms with Gasteiger partial charge in [-0.3, -0.25) is 14.4 Å². The topological polar surface area (TPSA) is 114 Å². The number of nitrogens with zero attached hydrogens (tertiary/aromatic N) is 6. The van der Waals surface area contributed by atoms with Crippen molar-refractivity contribution in [1.82, 2.24) is 18.9 Å². The number of rotatable bonds is 4. The zero-order chi connectivity index (χ0) is 20.1. The SMILES string of the molecule is O=C(O)c1cn(-c2ncns2)c2nc(N3CC(C4=NCC=C4)C3)c(F)cc2c1=O. The number of hydrogen-bond donors (Lipinski definition) is 1. The van der Waals surface area contributed by atoms with E-state index in [0.717, 1.165) is 29.5 Å². The number of carboxylic acids is 1. The maximum absolute atomic E-state index is 14.8. The monoisotopic (exact) mass is 412 g/mol. The molecule has 0 spiro atoms. The summed E-state index contributed by atoms with van der Waals surface area (Å²) in [4.78, 5) is 38.7. The van der Waals surface area contributed by atoms with Gasteiger partial charge >= 0.3 is 5.97 Å². The maximum atomic E-state index is 14.8. The van der Waals surface area contributed by atoms with Crippen LogP contribution in [0.2, 0.25) is 0 Å². The van der Waals surface area contributed by atoms with E-state index in [1.807, 2.05) is 12.2 Å². The van der Waals surface area contributed by atoms with Crippen LogP contribution in [0.5, 0.6) is 0 Å². The van der Waals surface area contributed by atoms with Crippen molar-refractivity contribution in [2.75, 3.05) is 24.5 Å². The number of fused-ring (bicyclic) bond motifs is 1. The lowest BCUT2D eigenvalue weighted by molar-refractivity contribution is 0.0695. The number of aromatic carboxylic acids is 1. The second kappa shape index (κ2) is 6.55. The van der Waals surface area contributed by atoms with Crippen LogP contribution in [-0.2, 0) is 0 Å². The van der Waals surface area contributed by atoms with E-state index in [9.17, 15) is 19.1 Å². The van der Waals surface area contributed by atoms with E-state index in [4.69, 9.17) is 0 Å². The van der Waals surface area contributed by atoms with Gasteiger partial charge in [-0.05, 0) is 12.1 Å². The molecule has 2 aliphatic heterocycles. The predicted octanol–water partition coefficient (Wildman–Crippen LogP) is 1.52. The molecule has 0 radical (unpaired) electrons. The minimum absolute atomic E-state index is 0.108. The molecule has 0 saturated carbocycles. The fourth-order valence-electron chi connectivity index (χ4n) is 3.50. The van der Waals surface area contributed by atoms with Gasteiger partial charge in [0.2, 0.25) is 10.6 Å². The van der Waals surface area contributed by atoms with Crippen LogP contribution in [0.15, 0.2) is 40.5 Å². The van der Waals surface area contributed by atoms with Gasteiger partial charge in [-0.1, -0.05) is 6.08 Å². The van der Waals surface area contributed by atoms with E-state index in [0.29, 0.717) is 24.8 Å². The summed E-state index contributed by atoms with van der Waals surface area (Å²) in [5, 5.41) is 9.56. The second-order valence-electron chi connectivity index (χ2n) is 6.71. The first-order valence-corrected chi connectivity index (χ1v) is 9.52. The highest BCUT2D eigenvalue weighted by molar-refractivity contribution is 7.08. The molecule has 5 rings (SSSR count). The number of hydrogen-bond acceptors (Lipinski definition) is 8. The molecule has 29 heavy (non-hydrogen) atoms. The Kier molecular flexibility index (Phi) is 3.98. The molecular formula is C18H13FN6O3S. The molecule has 1 N–H and O–H groups in total. The van der Waals surface area contributed by atoms with Gasteiger partial charge in [0.1, 0.15) is 11.9 Å². The largest absolute Gasteiger partial charge is 0.477 e. The van der Waals surface area contributed by atoms with E-state index in [2.05, 4.69) is 19.3 Å². The number of pyridine rings is 2. The van der Waals surface area contributed by atoms with Gasteiger partial charge in [0.25, 0.3) is 0 Å². The van der Waals surface area contributed by atoms with Gasteiger partial charge in [0, 0.05) is 42.4 Å². The number of anilines is 1. The minimum Gasteiger partial charge on any atom is -0.477 e. The molecule has 0 unspecified atom stereocenters. The van der Waals surface area contributed by atoms with Gasteiger partial charge < -0.3 is 10.0 Å². The van der Waals surface area contributed by atoms with Crippen molar-refractivity contribution < 1.29 is 14.3 Å². The summed E-state index contributed by atoms with van der Waals surface area (Å²) in [7, 11) is 0. The van der Waals surface area contributed by atoms with Crippen molar-refractivity contribution in [2.45, 2.75) is 0 Å². The quantitative estimate of drug-likeness (QED) is 0.691. The molecular weight excluding hydrogens is 399 g/mol. The smallest absolute Gasteiger partial charge is 0.341 e. The molecule has 0 bridgehead atoms. The zero-order valence-electron chi connectivity index (χ0n) is 14.8. The standard InChI is InChI=1S/C18H13FN6O3S/c19-12-4-10-14(26)11(17(27)28)7-25(18-21-8-22-29-18)15(10)23-16(12)24-5-9(6-24)13-2-1-3-20-13/h1-2,4,7-9H,3,5-6H2,(H,27,28). The third-order valence-electron chi connectivity index (χ3n) is 4.97. The summed E-state index contributed by atoms with van der Waals surface area (Å²) < 4.78 is 20.1. The van der Waals surface area contributed by atoms with E-state index in [-0.39, 0.29) is 22.8 Å². The summed E-state index contributed by atoms with van der Waals surface area (Å²) in [6, 6.07) is 1.05. The lowest BCUT2D eigenvalue weighted by Gasteiger charge is -2.40. The van der Waals surface area contributed by atoms with Crippen molar-refractivity contribution in [3.05, 3.63) is 52.3 Å². The van der Waals surface area contributed by atoms with Gasteiger partial charge in [-0.25, -0.2) is 19.2 Å². The van der Waals surface area contributed by atoms with Crippen molar-refractivity contribution in [3.8, 4) is 5.13 Å². The van der Waals surface area contributed by atoms with E-state index in [1.54, 1.807) is 4.90 Å². The van der Waals surface area contributed by atoms with Gasteiger partial charge in [-0.15, -0.1) is 0 Å². The van der Waals surface area contributed by atoms with E-state index >= 15 is 0 Å². The van der Waals surface area contributed by atoms with Gasteiger partial charge in [-0.2, -0.15) is 4.37 Å². The summed E-state index contributed by atoms with van der Waals surface area (Å²) in [6.07, 6.45) is 6.42. The number of aromatic nitrogens is 4. The average Bonchev–Trinajstić information content (AvgIpc) is 3.35. The second-order valence-corrected chi connectivity index (χ2v) is 7.46. The number of carboxylic acid groups (broad SMARTS) is 1. The molecule has 0 atom stereocenters. The Morgan fingerprint density at radius 1 is 1.34 bits per heavy atom. The summed E-state index contributed by atoms with van der Waals surface area (Å²) in [5.74, 6) is -1.76. The molecule has 3 aromatic rings. The lowest BCUT2D eigenvalue weighted by Crippen LogP contribution is -2.50. The molecule has 0 aromatic carbocycles. The molecule has 146 valence electrons. The van der Waals surface area contributed by atoms with Gasteiger partial charge in [0.15, 0.2) is 17.3 Å². The number of carbonyl (C=O) groups is 1. The summed E-state index contributed by atoms with van der Waals surface area (Å²) >= 11 is 1.01. The van der Waals surface area contributed by atoms with E-state index < -0.39 is 22.8 Å². The van der Waals surface area contributed by atoms with Crippen LogP contribution in [0.4, 0.5) is 10.2 Å². The number of allylic oxidation sites excluding steroid dienone is 1. The molecule has 3 aromatic heterocycles. The Morgan fingerprint density at radius 2 is 2.17 bits per heavy atom. The molecule has 5 heterocycles. The average molecular weight is 412 g/mol. The van der Waals surface area contributed by atoms with Crippen LogP contribution in [0, 0.1) is 11.7 Å². The first-order chi connectivity index (χ1) is 14.0. The van der Waals surface area contributed by atoms with Crippen LogP contribution in [0.25, 0.3) is 16.2 Å². The molecule has 0 amide bonds. The fraction of sp³-hybridized carbons (Fsp3) is 0.222. The summed E-state index contributed by atoms with van der Waals surface area (Å²) in [6.45, 7) is 1.80. The predicted molar refractivity (Wildman–Crippen MR) is 105 cm³/mol. The Morgan fingerprint density at radius 3 is 2.83 bits per heavy atom. The van der Waals surface area contributed by atoms with Gasteiger partial charge in [0.05, 0.1) is 11.9 Å². The Hall–Kier alpha value is -3.47. The van der Waals surface area contributed by atoms with Crippen LogP contribution in [-0.4, -0.2) is 55.3 Å². The Bertz CT molecular complexity index is 1260. The van der Waals surface area contributed by atoms with E-state index in [1.165, 1.54) is 10.9 Å². The van der Waals surface area contributed by atoms with Crippen molar-refractivity contribution >= 4 is 40.1 Å². The molecule has 1 fully saturated rings. The maximum Gasteiger partial charge on any atom is 0.341 e. The lowest BCUT2D eigenvalue weighted by atomic mass is 9.94. The highest BCUT2D eigenvalue weighted by atomic mass is 32.1. The third kappa shape index (κ3) is 2.81. The van der Waals surface area contributed by atoms with Crippen LogP contribution in [0.1, 0.15) is 10.4 Å². The fourth-order valence-corrected chi connectivity index (χ4v) is 4.01. The van der Waals surface area contributed by atoms with Crippen molar-refractivity contribution in [2.24, 2.45) is 10.9 Å². The molecule has 0 aliphatic carbocycles. The van der Waals surface area contributed by atoms with Crippen molar-refractivity contribution in [3.63, 3.8) is 0 Å². The van der Waals surface area contributed by atoms with Crippen LogP contribution >= 0.6 is 11.5 Å². The third-order valence-corrected chi connectivity index (χ3v) is 5.63. The summed E-state index contributed by atoms with van der Waals surface area (Å²) in [5.41, 5.74) is -0.149. The highest BCUT2D eigenvalue weighted by Crippen LogP contribution is 2.30. The van der Waals surface area contributed by atoms with Crippen molar-refractivity contribution in [1.29, 1.82) is 0 Å². The minimum atomic E-state index is -1.41. The first kappa shape index (κ1) is 17.6. The molecule has 9 nitrogen and oxygen atoms in total. The highest BCUT2D eigenvalue weighted by Gasteiger charge is 2.33. The number of halogens is 1. The number of aliphatic imine (C=N–C) groups is 1. The Labute approximate surface area is 166 Å². The normalized spacial score (nSPS) is 16.3. The molecule has 11 heteroatoms. The molecule has 2 aliphatic rings. The zero-order valence-corrected chi connectivity index (χ0v) is 15.6. The Balaban J connectivity index is 1.63. The van der Waals surface area contributed by atoms with Crippen LogP contribution < -0.4 is 10.3 Å². The van der Waals surface area contributed by atoms with Crippen LogP contribution in [0.3, 0.4) is 0 Å².